The Labute approximate surface area is 110 Å². The number of anilines is 3. The Morgan fingerprint density at radius 3 is 2.56 bits per heavy atom. The summed E-state index contributed by atoms with van der Waals surface area (Å²) in [4.78, 5) is 8.24. The number of methoxy groups -OCH3 is 1. The fraction of sp³-hybridized carbons (Fsp3) is 0.167. The van der Waals surface area contributed by atoms with Gasteiger partial charge in [0.25, 0.3) is 0 Å². The van der Waals surface area contributed by atoms with Crippen LogP contribution in [0.5, 0.6) is 5.75 Å². The molecule has 0 bridgehead atoms. The van der Waals surface area contributed by atoms with E-state index in [0.29, 0.717) is 16.8 Å². The summed E-state index contributed by atoms with van der Waals surface area (Å²) in [7, 11) is 3.38. The summed E-state index contributed by atoms with van der Waals surface area (Å²) in [5.41, 5.74) is 0.874. The second-order valence-electron chi connectivity index (χ2n) is 3.49. The number of ether oxygens (including phenoxy) is 1. The number of nitrogens with one attached hydrogen (secondary N) is 2. The second-order valence-corrected chi connectivity index (χ2v) is 3.90. The maximum atomic E-state index is 6.02. The van der Waals surface area contributed by atoms with Gasteiger partial charge in [0.2, 0.25) is 5.95 Å². The molecule has 94 valence electrons. The molecule has 0 radical (unpaired) electrons. The molecule has 2 aromatic rings. The van der Waals surface area contributed by atoms with Gasteiger partial charge in [-0.05, 0) is 24.3 Å². The van der Waals surface area contributed by atoms with Crippen molar-refractivity contribution in [3.8, 4) is 5.75 Å². The third-order valence-corrected chi connectivity index (χ3v) is 2.60. The average molecular weight is 265 g/mol. The maximum absolute atomic E-state index is 6.02. The molecule has 6 heteroatoms. The Morgan fingerprint density at radius 1 is 1.22 bits per heavy atom. The standard InChI is InChI=1S/C12H13ClN4O/c1-14-12-15-7-10(13)11(17-12)16-8-3-5-9(18-2)6-4-8/h3-7H,1-2H3,(H2,14,15,16,17). The molecule has 1 heterocycles. The van der Waals surface area contributed by atoms with Crippen LogP contribution in [-0.2, 0) is 0 Å². The van der Waals surface area contributed by atoms with Crippen molar-refractivity contribution in [1.29, 1.82) is 0 Å². The minimum Gasteiger partial charge on any atom is -0.497 e. The van der Waals surface area contributed by atoms with Crippen molar-refractivity contribution < 1.29 is 4.74 Å². The van der Waals surface area contributed by atoms with Crippen LogP contribution in [0, 0.1) is 0 Å². The van der Waals surface area contributed by atoms with E-state index in [4.69, 9.17) is 16.3 Å². The lowest BCUT2D eigenvalue weighted by Crippen LogP contribution is -2.00. The van der Waals surface area contributed by atoms with E-state index in [2.05, 4.69) is 20.6 Å². The number of rotatable bonds is 4. The second kappa shape index (κ2) is 5.55. The molecule has 5 nitrogen and oxygen atoms in total. The van der Waals surface area contributed by atoms with Crippen molar-refractivity contribution in [3.63, 3.8) is 0 Å². The summed E-state index contributed by atoms with van der Waals surface area (Å²) in [5, 5.41) is 6.44. The van der Waals surface area contributed by atoms with Gasteiger partial charge < -0.3 is 15.4 Å². The van der Waals surface area contributed by atoms with E-state index in [0.717, 1.165) is 11.4 Å². The Kier molecular flexibility index (Phi) is 3.84. The first-order valence-electron chi connectivity index (χ1n) is 5.34. The summed E-state index contributed by atoms with van der Waals surface area (Å²) in [6.07, 6.45) is 1.55. The maximum Gasteiger partial charge on any atom is 0.224 e. The van der Waals surface area contributed by atoms with E-state index in [1.54, 1.807) is 20.4 Å². The van der Waals surface area contributed by atoms with Crippen LogP contribution in [0.4, 0.5) is 17.5 Å². The fourth-order valence-corrected chi connectivity index (χ4v) is 1.52. The lowest BCUT2D eigenvalue weighted by molar-refractivity contribution is 0.415. The van der Waals surface area contributed by atoms with E-state index in [-0.39, 0.29) is 0 Å². The Morgan fingerprint density at radius 2 is 1.94 bits per heavy atom. The quantitative estimate of drug-likeness (QED) is 0.889. The van der Waals surface area contributed by atoms with Crippen LogP contribution in [-0.4, -0.2) is 24.1 Å². The number of hydrogen-bond acceptors (Lipinski definition) is 5. The van der Waals surface area contributed by atoms with Gasteiger partial charge in [-0.1, -0.05) is 11.6 Å². The van der Waals surface area contributed by atoms with Gasteiger partial charge in [0.1, 0.15) is 10.8 Å². The molecule has 18 heavy (non-hydrogen) atoms. The first kappa shape index (κ1) is 12.4. The van der Waals surface area contributed by atoms with Gasteiger partial charge in [0.05, 0.1) is 13.3 Å². The predicted molar refractivity (Wildman–Crippen MR) is 72.9 cm³/mol. The molecule has 1 aromatic carbocycles. The van der Waals surface area contributed by atoms with E-state index in [1.807, 2.05) is 24.3 Å². The Bertz CT molecular complexity index is 530. The summed E-state index contributed by atoms with van der Waals surface area (Å²) in [6.45, 7) is 0. The van der Waals surface area contributed by atoms with Gasteiger partial charge in [-0.25, -0.2) is 4.98 Å². The molecular formula is C12H13ClN4O. The molecule has 0 unspecified atom stereocenters. The third-order valence-electron chi connectivity index (χ3n) is 2.32. The SMILES string of the molecule is CNc1ncc(Cl)c(Nc2ccc(OC)cc2)n1. The normalized spacial score (nSPS) is 9.94. The first-order chi connectivity index (χ1) is 8.72. The lowest BCUT2D eigenvalue weighted by atomic mass is 10.3. The minimum atomic E-state index is 0.463. The largest absolute Gasteiger partial charge is 0.497 e. The molecule has 0 amide bonds. The lowest BCUT2D eigenvalue weighted by Gasteiger charge is -2.09. The van der Waals surface area contributed by atoms with Gasteiger partial charge in [-0.3, -0.25) is 0 Å². The first-order valence-corrected chi connectivity index (χ1v) is 5.72. The predicted octanol–water partition coefficient (Wildman–Crippen LogP) is 2.92. The number of nitrogens with zero attached hydrogens (tertiary/aromatic N) is 2. The molecule has 0 fully saturated rings. The van der Waals surface area contributed by atoms with E-state index in [1.165, 1.54) is 0 Å². The Balaban J connectivity index is 2.21. The molecule has 0 saturated carbocycles. The van der Waals surface area contributed by atoms with Gasteiger partial charge >= 0.3 is 0 Å². The van der Waals surface area contributed by atoms with Crippen LogP contribution >= 0.6 is 11.6 Å². The van der Waals surface area contributed by atoms with Crippen LogP contribution in [0.3, 0.4) is 0 Å². The van der Waals surface area contributed by atoms with Crippen molar-refractivity contribution in [1.82, 2.24) is 9.97 Å². The fourth-order valence-electron chi connectivity index (χ4n) is 1.39. The highest BCUT2D eigenvalue weighted by atomic mass is 35.5. The van der Waals surface area contributed by atoms with Gasteiger partial charge in [-0.2, -0.15) is 4.98 Å². The molecule has 0 aliphatic carbocycles. The van der Waals surface area contributed by atoms with Crippen LogP contribution in [0.15, 0.2) is 30.5 Å². The summed E-state index contributed by atoms with van der Waals surface area (Å²) >= 11 is 6.02. The van der Waals surface area contributed by atoms with Crippen molar-refractivity contribution in [3.05, 3.63) is 35.5 Å². The monoisotopic (exact) mass is 264 g/mol. The molecule has 0 spiro atoms. The minimum absolute atomic E-state index is 0.463. The van der Waals surface area contributed by atoms with Crippen LogP contribution in [0.1, 0.15) is 0 Å². The van der Waals surface area contributed by atoms with Crippen LogP contribution in [0.25, 0.3) is 0 Å². The molecule has 2 N–H and O–H groups in total. The molecule has 0 aliphatic rings. The topological polar surface area (TPSA) is 59.1 Å². The van der Waals surface area contributed by atoms with Crippen molar-refractivity contribution in [2.24, 2.45) is 0 Å². The zero-order valence-corrected chi connectivity index (χ0v) is 10.8. The highest BCUT2D eigenvalue weighted by Crippen LogP contribution is 2.24. The van der Waals surface area contributed by atoms with E-state index >= 15 is 0 Å². The summed E-state index contributed by atoms with van der Waals surface area (Å²) in [6, 6.07) is 7.49. The van der Waals surface area contributed by atoms with E-state index < -0.39 is 0 Å². The molecule has 1 aromatic heterocycles. The van der Waals surface area contributed by atoms with Crippen molar-refractivity contribution in [2.75, 3.05) is 24.8 Å². The van der Waals surface area contributed by atoms with Crippen LogP contribution in [0.2, 0.25) is 5.02 Å². The molecular weight excluding hydrogens is 252 g/mol. The number of aromatic nitrogens is 2. The third kappa shape index (κ3) is 2.81. The number of halogens is 1. The van der Waals surface area contributed by atoms with Crippen molar-refractivity contribution >= 4 is 29.1 Å². The van der Waals surface area contributed by atoms with Gasteiger partial charge in [0.15, 0.2) is 5.82 Å². The zero-order valence-electron chi connectivity index (χ0n) is 10.1. The zero-order chi connectivity index (χ0) is 13.0. The molecule has 0 aliphatic heterocycles. The van der Waals surface area contributed by atoms with Gasteiger partial charge in [-0.15, -0.1) is 0 Å². The van der Waals surface area contributed by atoms with Crippen LogP contribution < -0.4 is 15.4 Å². The smallest absolute Gasteiger partial charge is 0.224 e. The van der Waals surface area contributed by atoms with Gasteiger partial charge in [0, 0.05) is 12.7 Å². The molecule has 0 atom stereocenters. The number of hydrogen-bond donors (Lipinski definition) is 2. The molecule has 2 rings (SSSR count). The highest BCUT2D eigenvalue weighted by molar-refractivity contribution is 6.32. The average Bonchev–Trinajstić information content (AvgIpc) is 2.42. The summed E-state index contributed by atoms with van der Waals surface area (Å²) < 4.78 is 5.09. The summed E-state index contributed by atoms with van der Waals surface area (Å²) in [5.74, 6) is 1.86. The number of benzene rings is 1. The molecule has 0 saturated heterocycles. The van der Waals surface area contributed by atoms with E-state index in [9.17, 15) is 0 Å². The Hall–Kier alpha value is -2.01. The van der Waals surface area contributed by atoms with Crippen molar-refractivity contribution in [2.45, 2.75) is 0 Å². The highest BCUT2D eigenvalue weighted by Gasteiger charge is 2.05.